The minimum Gasteiger partial charge on any atom is -0.383 e. The van der Waals surface area contributed by atoms with Crippen molar-refractivity contribution in [2.75, 3.05) is 6.54 Å². The monoisotopic (exact) mass is 343 g/mol. The normalized spacial score (nSPS) is 19.5. The quantitative estimate of drug-likeness (QED) is 0.779. The Labute approximate surface area is 147 Å². The molecule has 0 fully saturated rings. The predicted octanol–water partition coefficient (Wildman–Crippen LogP) is 2.82. The summed E-state index contributed by atoms with van der Waals surface area (Å²) in [7, 11) is 0. The summed E-state index contributed by atoms with van der Waals surface area (Å²) in [5.41, 5.74) is 1.92. The number of aromatic nitrogens is 1. The topological polar surface area (TPSA) is 87.4 Å². The van der Waals surface area contributed by atoms with E-state index in [4.69, 9.17) is 4.52 Å². The zero-order valence-corrected chi connectivity index (χ0v) is 14.7. The molecule has 25 heavy (non-hydrogen) atoms. The van der Waals surface area contributed by atoms with Gasteiger partial charge in [0.25, 0.3) is 0 Å². The number of aryl methyl sites for hydroxylation is 1. The van der Waals surface area contributed by atoms with Gasteiger partial charge in [0.2, 0.25) is 0 Å². The number of carbonyl (C=O) groups excluding carboxylic acids is 1. The maximum absolute atomic E-state index is 12.1. The van der Waals surface area contributed by atoms with Crippen LogP contribution < -0.4 is 10.6 Å². The predicted molar refractivity (Wildman–Crippen MR) is 94.1 cm³/mol. The molecule has 1 aromatic heterocycles. The van der Waals surface area contributed by atoms with E-state index in [0.29, 0.717) is 12.2 Å². The molecule has 6 nitrogen and oxygen atoms in total. The highest BCUT2D eigenvalue weighted by atomic mass is 16.5. The smallest absolute Gasteiger partial charge is 0.315 e. The van der Waals surface area contributed by atoms with Gasteiger partial charge in [-0.1, -0.05) is 43.3 Å². The standard InChI is InChI=1S/C19H25N3O3/c1-13(2)17-10-15(25-22-17)11-20-18(23)21-12-19(24)9-5-7-14-6-3-4-8-16(14)19/h3-4,6,8,10,13,24H,5,7,9,11-12H2,1-2H3,(H2,20,21,23). The zero-order valence-electron chi connectivity index (χ0n) is 14.7. The van der Waals surface area contributed by atoms with E-state index in [1.54, 1.807) is 0 Å². The Morgan fingerprint density at radius 3 is 2.92 bits per heavy atom. The molecule has 0 aliphatic heterocycles. The summed E-state index contributed by atoms with van der Waals surface area (Å²) in [6, 6.07) is 9.39. The van der Waals surface area contributed by atoms with Crippen LogP contribution in [0.3, 0.4) is 0 Å². The Hall–Kier alpha value is -2.34. The van der Waals surface area contributed by atoms with Crippen LogP contribution >= 0.6 is 0 Å². The molecule has 1 atom stereocenters. The molecule has 0 saturated heterocycles. The molecule has 2 aromatic rings. The lowest BCUT2D eigenvalue weighted by atomic mass is 9.79. The SMILES string of the molecule is CC(C)c1cc(CNC(=O)NCC2(O)CCCc3ccccc32)on1. The third kappa shape index (κ3) is 4.02. The molecule has 1 aliphatic carbocycles. The Morgan fingerprint density at radius 2 is 2.16 bits per heavy atom. The lowest BCUT2D eigenvalue weighted by molar-refractivity contribution is 0.0217. The van der Waals surface area contributed by atoms with Crippen molar-refractivity contribution >= 4 is 6.03 Å². The van der Waals surface area contributed by atoms with Crippen LogP contribution in [0.15, 0.2) is 34.9 Å². The molecule has 0 spiro atoms. The summed E-state index contributed by atoms with van der Waals surface area (Å²) in [6.45, 7) is 4.51. The van der Waals surface area contributed by atoms with Crippen molar-refractivity contribution < 1.29 is 14.4 Å². The molecule has 3 rings (SSSR count). The van der Waals surface area contributed by atoms with E-state index >= 15 is 0 Å². The number of carbonyl (C=O) groups is 1. The van der Waals surface area contributed by atoms with Crippen molar-refractivity contribution in [3.63, 3.8) is 0 Å². The summed E-state index contributed by atoms with van der Waals surface area (Å²) < 4.78 is 5.20. The van der Waals surface area contributed by atoms with Gasteiger partial charge in [0.05, 0.1) is 18.8 Å². The number of hydrogen-bond acceptors (Lipinski definition) is 4. The Morgan fingerprint density at radius 1 is 1.36 bits per heavy atom. The first-order chi connectivity index (χ1) is 12.0. The van der Waals surface area contributed by atoms with Gasteiger partial charge in [-0.05, 0) is 36.3 Å². The van der Waals surface area contributed by atoms with Crippen LogP contribution in [0.25, 0.3) is 0 Å². The summed E-state index contributed by atoms with van der Waals surface area (Å²) in [4.78, 5) is 12.1. The molecule has 2 amide bonds. The molecule has 0 saturated carbocycles. The highest BCUT2D eigenvalue weighted by Gasteiger charge is 2.34. The first kappa shape index (κ1) is 17.5. The molecule has 0 radical (unpaired) electrons. The van der Waals surface area contributed by atoms with Crippen LogP contribution in [0.4, 0.5) is 4.79 Å². The molecule has 1 heterocycles. The van der Waals surface area contributed by atoms with E-state index in [-0.39, 0.29) is 25.0 Å². The maximum atomic E-state index is 12.1. The van der Waals surface area contributed by atoms with Crippen LogP contribution in [0.2, 0.25) is 0 Å². The van der Waals surface area contributed by atoms with E-state index in [9.17, 15) is 9.90 Å². The molecular formula is C19H25N3O3. The molecule has 1 aliphatic rings. The highest BCUT2D eigenvalue weighted by Crippen LogP contribution is 2.34. The highest BCUT2D eigenvalue weighted by molar-refractivity contribution is 5.73. The average molecular weight is 343 g/mol. The second-order valence-electron chi connectivity index (χ2n) is 6.95. The second-order valence-corrected chi connectivity index (χ2v) is 6.95. The summed E-state index contributed by atoms with van der Waals surface area (Å²) in [5, 5.41) is 20.4. The van der Waals surface area contributed by atoms with Crippen LogP contribution in [-0.4, -0.2) is 22.8 Å². The van der Waals surface area contributed by atoms with E-state index in [0.717, 1.165) is 29.7 Å². The Balaban J connectivity index is 1.54. The number of hydrogen-bond donors (Lipinski definition) is 3. The van der Waals surface area contributed by atoms with E-state index < -0.39 is 5.60 Å². The van der Waals surface area contributed by atoms with Crippen molar-refractivity contribution in [2.24, 2.45) is 0 Å². The van der Waals surface area contributed by atoms with E-state index in [1.165, 1.54) is 0 Å². The van der Waals surface area contributed by atoms with Gasteiger partial charge >= 0.3 is 6.03 Å². The summed E-state index contributed by atoms with van der Waals surface area (Å²) in [6.07, 6.45) is 2.52. The lowest BCUT2D eigenvalue weighted by Gasteiger charge is -2.34. The summed E-state index contributed by atoms with van der Waals surface area (Å²) in [5.74, 6) is 0.896. The number of nitrogens with zero attached hydrogens (tertiary/aromatic N) is 1. The minimum absolute atomic E-state index is 0.184. The van der Waals surface area contributed by atoms with E-state index in [2.05, 4.69) is 15.8 Å². The van der Waals surface area contributed by atoms with Crippen molar-refractivity contribution in [2.45, 2.75) is 51.2 Å². The fourth-order valence-electron chi connectivity index (χ4n) is 3.22. The van der Waals surface area contributed by atoms with Gasteiger partial charge in [0, 0.05) is 6.07 Å². The number of fused-ring (bicyclic) bond motifs is 1. The zero-order chi connectivity index (χ0) is 17.9. The Bertz CT molecular complexity index is 741. The van der Waals surface area contributed by atoms with E-state index in [1.807, 2.05) is 44.2 Å². The van der Waals surface area contributed by atoms with Gasteiger partial charge in [0.15, 0.2) is 5.76 Å². The van der Waals surface area contributed by atoms with Gasteiger partial charge in [-0.25, -0.2) is 4.79 Å². The fraction of sp³-hybridized carbons (Fsp3) is 0.474. The van der Waals surface area contributed by atoms with Gasteiger partial charge in [0.1, 0.15) is 5.60 Å². The minimum atomic E-state index is -1.01. The van der Waals surface area contributed by atoms with Crippen molar-refractivity contribution in [3.8, 4) is 0 Å². The van der Waals surface area contributed by atoms with Crippen LogP contribution in [-0.2, 0) is 18.6 Å². The molecule has 1 aromatic carbocycles. The van der Waals surface area contributed by atoms with Gasteiger partial charge in [-0.15, -0.1) is 0 Å². The first-order valence-electron chi connectivity index (χ1n) is 8.76. The number of aliphatic hydroxyl groups is 1. The van der Waals surface area contributed by atoms with Crippen molar-refractivity contribution in [1.29, 1.82) is 0 Å². The number of rotatable bonds is 5. The third-order valence-electron chi connectivity index (χ3n) is 4.69. The second kappa shape index (κ2) is 7.27. The van der Waals surface area contributed by atoms with Crippen LogP contribution in [0, 0.1) is 0 Å². The van der Waals surface area contributed by atoms with Crippen LogP contribution in [0.5, 0.6) is 0 Å². The number of nitrogens with one attached hydrogen (secondary N) is 2. The average Bonchev–Trinajstić information content (AvgIpc) is 3.08. The van der Waals surface area contributed by atoms with Gasteiger partial charge in [-0.3, -0.25) is 0 Å². The largest absolute Gasteiger partial charge is 0.383 e. The molecule has 134 valence electrons. The molecule has 0 bridgehead atoms. The van der Waals surface area contributed by atoms with Gasteiger partial charge < -0.3 is 20.3 Å². The van der Waals surface area contributed by atoms with Crippen molar-refractivity contribution in [1.82, 2.24) is 15.8 Å². The molecule has 6 heteroatoms. The van der Waals surface area contributed by atoms with Crippen LogP contribution in [0.1, 0.15) is 55.2 Å². The summed E-state index contributed by atoms with van der Waals surface area (Å²) >= 11 is 0. The number of benzene rings is 1. The van der Waals surface area contributed by atoms with Gasteiger partial charge in [-0.2, -0.15) is 0 Å². The Kier molecular flexibility index (Phi) is 5.08. The molecule has 3 N–H and O–H groups in total. The first-order valence-corrected chi connectivity index (χ1v) is 8.76. The maximum Gasteiger partial charge on any atom is 0.315 e. The number of urea groups is 1. The molecular weight excluding hydrogens is 318 g/mol. The lowest BCUT2D eigenvalue weighted by Crippen LogP contribution is -2.46. The fourth-order valence-corrected chi connectivity index (χ4v) is 3.22. The third-order valence-corrected chi connectivity index (χ3v) is 4.69. The van der Waals surface area contributed by atoms with Crippen molar-refractivity contribution in [3.05, 3.63) is 52.9 Å². The number of amides is 2. The molecule has 1 unspecified atom stereocenters.